The molecular formula is C10H13NO7S. The average Bonchev–Trinajstić information content (AvgIpc) is 2.79. The third kappa shape index (κ3) is 3.11. The number of hydrogen-bond donors (Lipinski definition) is 0. The van der Waals surface area contributed by atoms with Crippen LogP contribution in [0.4, 0.5) is 0 Å². The second-order valence-corrected chi connectivity index (χ2v) is 6.05. The van der Waals surface area contributed by atoms with E-state index in [1.54, 1.807) is 0 Å². The van der Waals surface area contributed by atoms with Crippen molar-refractivity contribution in [2.24, 2.45) is 0 Å². The quantitative estimate of drug-likeness (QED) is 0.730. The second kappa shape index (κ2) is 5.39. The van der Waals surface area contributed by atoms with Gasteiger partial charge in [-0.3, -0.25) is 0 Å². The largest absolute Gasteiger partial charge is 0.464 e. The first-order valence-corrected chi connectivity index (χ1v) is 7.04. The first-order chi connectivity index (χ1) is 8.72. The Morgan fingerprint density at radius 1 is 1.21 bits per heavy atom. The van der Waals surface area contributed by atoms with Gasteiger partial charge in [-0.1, -0.05) is 0 Å². The number of carbonyl (C=O) groups is 2. The Bertz CT molecular complexity index is 568. The summed E-state index contributed by atoms with van der Waals surface area (Å²) in [5.41, 5.74) is -0.417. The van der Waals surface area contributed by atoms with Crippen LogP contribution >= 0.6 is 0 Å². The van der Waals surface area contributed by atoms with Gasteiger partial charge in [-0.2, -0.15) is 0 Å². The Morgan fingerprint density at radius 2 is 1.74 bits per heavy atom. The topological polar surface area (TPSA) is 113 Å². The van der Waals surface area contributed by atoms with E-state index in [1.165, 1.54) is 6.92 Å². The van der Waals surface area contributed by atoms with Crippen molar-refractivity contribution in [1.29, 1.82) is 0 Å². The lowest BCUT2D eigenvalue weighted by Crippen LogP contribution is -2.10. The lowest BCUT2D eigenvalue weighted by molar-refractivity contribution is 0.0525. The van der Waals surface area contributed by atoms with Gasteiger partial charge in [0.1, 0.15) is 5.25 Å². The maximum atomic E-state index is 11.4. The first kappa shape index (κ1) is 15.2. The van der Waals surface area contributed by atoms with Crippen molar-refractivity contribution < 1.29 is 31.9 Å². The Balaban J connectivity index is 3.36. The van der Waals surface area contributed by atoms with Crippen LogP contribution in [0.15, 0.2) is 4.42 Å². The van der Waals surface area contributed by atoms with Gasteiger partial charge in [0, 0.05) is 6.26 Å². The fraction of sp³-hybridized carbons (Fsp3) is 0.500. The van der Waals surface area contributed by atoms with Gasteiger partial charge in [0.2, 0.25) is 17.3 Å². The normalized spacial score (nSPS) is 12.8. The molecule has 0 spiro atoms. The molecule has 19 heavy (non-hydrogen) atoms. The standard InChI is InChI=1S/C10H13NO7S/c1-5(19(4,14)15)8-11-6(9(12)16-2)7(18-8)10(13)17-3/h5H,1-4H3. The number of sulfone groups is 1. The Morgan fingerprint density at radius 3 is 2.16 bits per heavy atom. The van der Waals surface area contributed by atoms with Crippen molar-refractivity contribution in [3.05, 3.63) is 17.3 Å². The molecule has 0 aliphatic heterocycles. The molecule has 0 bridgehead atoms. The van der Waals surface area contributed by atoms with Crippen LogP contribution in [0.2, 0.25) is 0 Å². The highest BCUT2D eigenvalue weighted by molar-refractivity contribution is 7.90. The molecule has 0 saturated heterocycles. The maximum absolute atomic E-state index is 11.4. The molecule has 0 fully saturated rings. The molecule has 1 aromatic heterocycles. The van der Waals surface area contributed by atoms with Crippen LogP contribution in [0.5, 0.6) is 0 Å². The van der Waals surface area contributed by atoms with Crippen LogP contribution in [0.1, 0.15) is 39.1 Å². The summed E-state index contributed by atoms with van der Waals surface area (Å²) in [5.74, 6) is -2.63. The Labute approximate surface area is 109 Å². The number of aromatic nitrogens is 1. The molecule has 9 heteroatoms. The van der Waals surface area contributed by atoms with Crippen LogP contribution < -0.4 is 0 Å². The number of carbonyl (C=O) groups excluding carboxylic acids is 2. The van der Waals surface area contributed by atoms with E-state index in [0.29, 0.717) is 0 Å². The summed E-state index contributed by atoms with van der Waals surface area (Å²) in [4.78, 5) is 26.6. The van der Waals surface area contributed by atoms with Gasteiger partial charge >= 0.3 is 11.9 Å². The molecule has 1 unspecified atom stereocenters. The summed E-state index contributed by atoms with van der Waals surface area (Å²) in [6, 6.07) is 0. The third-order valence-corrected chi connectivity index (χ3v) is 3.87. The van der Waals surface area contributed by atoms with Gasteiger partial charge in [0.05, 0.1) is 14.2 Å². The molecule has 106 valence electrons. The van der Waals surface area contributed by atoms with Gasteiger partial charge in [0.25, 0.3) is 0 Å². The van der Waals surface area contributed by atoms with Gasteiger partial charge in [-0.25, -0.2) is 23.0 Å². The van der Waals surface area contributed by atoms with Crippen LogP contribution in [0.3, 0.4) is 0 Å². The highest BCUT2D eigenvalue weighted by Gasteiger charge is 2.31. The highest BCUT2D eigenvalue weighted by atomic mass is 32.2. The first-order valence-electron chi connectivity index (χ1n) is 5.08. The van der Waals surface area contributed by atoms with Gasteiger partial charge in [0.15, 0.2) is 9.84 Å². The minimum Gasteiger partial charge on any atom is -0.464 e. The number of nitrogens with zero attached hydrogens (tertiary/aromatic N) is 1. The van der Waals surface area contributed by atoms with E-state index >= 15 is 0 Å². The van der Waals surface area contributed by atoms with E-state index in [4.69, 9.17) is 4.42 Å². The summed E-state index contributed by atoms with van der Waals surface area (Å²) < 4.78 is 36.7. The number of esters is 2. The Kier molecular flexibility index (Phi) is 4.30. The number of ether oxygens (including phenoxy) is 2. The van der Waals surface area contributed by atoms with E-state index in [9.17, 15) is 18.0 Å². The van der Waals surface area contributed by atoms with Gasteiger partial charge in [-0.15, -0.1) is 0 Å². The maximum Gasteiger partial charge on any atom is 0.376 e. The minimum atomic E-state index is -3.48. The number of rotatable bonds is 4. The van der Waals surface area contributed by atoms with Crippen molar-refractivity contribution in [3.8, 4) is 0 Å². The molecule has 0 aromatic carbocycles. The molecule has 0 N–H and O–H groups in total. The summed E-state index contributed by atoms with van der Waals surface area (Å²) in [7, 11) is -1.30. The summed E-state index contributed by atoms with van der Waals surface area (Å²) >= 11 is 0. The SMILES string of the molecule is COC(=O)c1nc(C(C)S(C)(=O)=O)oc1C(=O)OC. The predicted molar refractivity (Wildman–Crippen MR) is 62.4 cm³/mol. The minimum absolute atomic E-state index is 0.275. The molecule has 8 nitrogen and oxygen atoms in total. The van der Waals surface area contributed by atoms with Crippen LogP contribution in [0.25, 0.3) is 0 Å². The van der Waals surface area contributed by atoms with Crippen molar-refractivity contribution in [3.63, 3.8) is 0 Å². The van der Waals surface area contributed by atoms with Crippen LogP contribution in [-0.2, 0) is 19.3 Å². The molecule has 0 radical (unpaired) electrons. The van der Waals surface area contributed by atoms with E-state index in [0.717, 1.165) is 20.5 Å². The summed E-state index contributed by atoms with van der Waals surface area (Å²) in [5, 5.41) is -1.10. The van der Waals surface area contributed by atoms with E-state index in [1.807, 2.05) is 0 Å². The lowest BCUT2D eigenvalue weighted by atomic mass is 10.3. The van der Waals surface area contributed by atoms with E-state index < -0.39 is 38.5 Å². The summed E-state index contributed by atoms with van der Waals surface area (Å²) in [6.45, 7) is 1.32. The molecule has 0 aliphatic carbocycles. The number of methoxy groups -OCH3 is 2. The highest BCUT2D eigenvalue weighted by Crippen LogP contribution is 2.24. The third-order valence-electron chi connectivity index (χ3n) is 2.38. The van der Waals surface area contributed by atoms with Gasteiger partial charge in [-0.05, 0) is 6.92 Å². The van der Waals surface area contributed by atoms with Crippen molar-refractivity contribution in [2.45, 2.75) is 12.2 Å². The lowest BCUT2D eigenvalue weighted by Gasteiger charge is -2.02. The fourth-order valence-corrected chi connectivity index (χ4v) is 1.63. The Hall–Kier alpha value is -1.90. The molecule has 1 aromatic rings. The molecule has 1 rings (SSSR count). The zero-order chi connectivity index (χ0) is 14.8. The molecule has 1 atom stereocenters. The van der Waals surface area contributed by atoms with Crippen molar-refractivity contribution in [1.82, 2.24) is 4.98 Å². The van der Waals surface area contributed by atoms with E-state index in [2.05, 4.69) is 14.5 Å². The van der Waals surface area contributed by atoms with Crippen molar-refractivity contribution in [2.75, 3.05) is 20.5 Å². The van der Waals surface area contributed by atoms with Crippen molar-refractivity contribution >= 4 is 21.8 Å². The van der Waals surface area contributed by atoms with Crippen LogP contribution in [-0.4, -0.2) is 45.8 Å². The predicted octanol–water partition coefficient (Wildman–Crippen LogP) is 0.353. The molecular weight excluding hydrogens is 278 g/mol. The number of hydrogen-bond acceptors (Lipinski definition) is 8. The zero-order valence-electron chi connectivity index (χ0n) is 10.8. The molecule has 1 heterocycles. The van der Waals surface area contributed by atoms with Gasteiger partial charge < -0.3 is 13.9 Å². The van der Waals surface area contributed by atoms with Crippen LogP contribution in [0, 0.1) is 0 Å². The second-order valence-electron chi connectivity index (χ2n) is 3.68. The molecule has 0 amide bonds. The monoisotopic (exact) mass is 291 g/mol. The number of oxazole rings is 1. The smallest absolute Gasteiger partial charge is 0.376 e. The molecule has 0 aliphatic rings. The fourth-order valence-electron chi connectivity index (χ4n) is 1.16. The average molecular weight is 291 g/mol. The molecule has 0 saturated carbocycles. The van der Waals surface area contributed by atoms with E-state index in [-0.39, 0.29) is 5.89 Å². The zero-order valence-corrected chi connectivity index (χ0v) is 11.6. The summed E-state index contributed by atoms with van der Waals surface area (Å²) in [6.07, 6.45) is 0.984.